The number of nitrogens with one attached hydrogen (secondary N) is 1. The van der Waals surface area contributed by atoms with Crippen LogP contribution >= 0.6 is 0 Å². The van der Waals surface area contributed by atoms with Gasteiger partial charge in [-0.05, 0) is 6.42 Å². The topological polar surface area (TPSA) is 81.4 Å². The zero-order valence-corrected chi connectivity index (χ0v) is 12.1. The predicted octanol–water partition coefficient (Wildman–Crippen LogP) is 1.77. The van der Waals surface area contributed by atoms with Crippen molar-refractivity contribution in [3.8, 4) is 11.3 Å². The van der Waals surface area contributed by atoms with Gasteiger partial charge in [0.1, 0.15) is 0 Å². The number of ether oxygens (including phenoxy) is 1. The third-order valence-electron chi connectivity index (χ3n) is 3.66. The predicted molar refractivity (Wildman–Crippen MR) is 77.4 cm³/mol. The molecule has 6 nitrogen and oxygen atoms in total. The first-order valence-corrected chi connectivity index (χ1v) is 7.04. The van der Waals surface area contributed by atoms with Crippen LogP contribution in [0.1, 0.15) is 12.3 Å². The van der Waals surface area contributed by atoms with Crippen molar-refractivity contribution in [2.75, 3.05) is 7.11 Å². The van der Waals surface area contributed by atoms with Crippen molar-refractivity contribution in [3.05, 3.63) is 42.4 Å². The fraction of sp³-hybridized carbons (Fsp3) is 0.312. The summed E-state index contributed by atoms with van der Waals surface area (Å²) in [6.45, 7) is 0.204. The molecule has 0 saturated heterocycles. The molecule has 2 aromatic rings. The number of carbonyl (C=O) groups excluding carboxylic acids is 2. The van der Waals surface area contributed by atoms with Crippen LogP contribution in [0.4, 0.5) is 0 Å². The van der Waals surface area contributed by atoms with Crippen molar-refractivity contribution >= 4 is 11.9 Å². The Kier molecular flexibility index (Phi) is 3.91. The second-order valence-electron chi connectivity index (χ2n) is 5.17. The summed E-state index contributed by atoms with van der Waals surface area (Å²) in [5, 5.41) is 2.73. The molecule has 1 aromatic carbocycles. The fourth-order valence-corrected chi connectivity index (χ4v) is 2.32. The highest BCUT2D eigenvalue weighted by Crippen LogP contribution is 2.39. The number of aromatic nitrogens is 1. The molecule has 1 aliphatic rings. The lowest BCUT2D eigenvalue weighted by Gasteiger charge is -2.01. The van der Waals surface area contributed by atoms with Crippen molar-refractivity contribution in [2.24, 2.45) is 11.8 Å². The molecular formula is C16H16N2O4. The lowest BCUT2D eigenvalue weighted by Crippen LogP contribution is -2.26. The van der Waals surface area contributed by atoms with Crippen molar-refractivity contribution in [2.45, 2.75) is 13.0 Å². The summed E-state index contributed by atoms with van der Waals surface area (Å²) in [6.07, 6.45) is 2.17. The van der Waals surface area contributed by atoms with Gasteiger partial charge < -0.3 is 14.5 Å². The molecule has 0 bridgehead atoms. The minimum atomic E-state index is -0.331. The summed E-state index contributed by atoms with van der Waals surface area (Å²) in [5.41, 5.74) is 0.931. The minimum Gasteiger partial charge on any atom is -0.469 e. The Labute approximate surface area is 127 Å². The van der Waals surface area contributed by atoms with E-state index in [9.17, 15) is 9.59 Å². The molecule has 0 aliphatic heterocycles. The largest absolute Gasteiger partial charge is 0.469 e. The van der Waals surface area contributed by atoms with Crippen LogP contribution in [0.3, 0.4) is 0 Å². The van der Waals surface area contributed by atoms with E-state index in [4.69, 9.17) is 4.42 Å². The Hall–Kier alpha value is -2.63. The molecule has 1 fully saturated rings. The van der Waals surface area contributed by atoms with Crippen LogP contribution in [0, 0.1) is 11.8 Å². The highest BCUT2D eigenvalue weighted by Gasteiger charge is 2.48. The molecule has 114 valence electrons. The minimum absolute atomic E-state index is 0.171. The van der Waals surface area contributed by atoms with Gasteiger partial charge in [0.15, 0.2) is 5.76 Å². The van der Waals surface area contributed by atoms with Crippen LogP contribution in [-0.4, -0.2) is 24.0 Å². The van der Waals surface area contributed by atoms with Gasteiger partial charge in [0, 0.05) is 5.56 Å². The van der Waals surface area contributed by atoms with Crippen LogP contribution in [0.5, 0.6) is 0 Å². The molecule has 0 spiro atoms. The second-order valence-corrected chi connectivity index (χ2v) is 5.17. The molecule has 6 heteroatoms. The summed E-state index contributed by atoms with van der Waals surface area (Å²) in [7, 11) is 1.33. The number of methoxy groups -OCH3 is 1. The number of hydrogen-bond donors (Lipinski definition) is 1. The molecule has 1 saturated carbocycles. The van der Waals surface area contributed by atoms with Gasteiger partial charge in [-0.2, -0.15) is 0 Å². The number of esters is 1. The average Bonchev–Trinajstić information content (AvgIpc) is 3.23. The number of rotatable bonds is 5. The van der Waals surface area contributed by atoms with Gasteiger partial charge in [-0.15, -0.1) is 0 Å². The maximum Gasteiger partial charge on any atom is 0.309 e. The molecule has 1 amide bonds. The Morgan fingerprint density at radius 2 is 2.09 bits per heavy atom. The molecule has 3 rings (SSSR count). The van der Waals surface area contributed by atoms with E-state index in [1.54, 1.807) is 6.20 Å². The molecule has 1 heterocycles. The third kappa shape index (κ3) is 3.00. The molecule has 1 N–H and O–H groups in total. The van der Waals surface area contributed by atoms with Gasteiger partial charge in [0.2, 0.25) is 11.8 Å². The van der Waals surface area contributed by atoms with Crippen LogP contribution < -0.4 is 5.32 Å². The maximum absolute atomic E-state index is 11.9. The third-order valence-corrected chi connectivity index (χ3v) is 3.66. The Bertz CT molecular complexity index is 680. The quantitative estimate of drug-likeness (QED) is 0.851. The highest BCUT2D eigenvalue weighted by molar-refractivity contribution is 5.90. The van der Waals surface area contributed by atoms with Gasteiger partial charge in [0.05, 0.1) is 31.7 Å². The number of amides is 1. The average molecular weight is 300 g/mol. The first-order valence-electron chi connectivity index (χ1n) is 7.04. The van der Waals surface area contributed by atoms with Gasteiger partial charge in [-0.1, -0.05) is 30.3 Å². The zero-order chi connectivity index (χ0) is 15.5. The van der Waals surface area contributed by atoms with E-state index in [1.165, 1.54) is 7.11 Å². The van der Waals surface area contributed by atoms with Crippen LogP contribution in [-0.2, 0) is 20.9 Å². The monoisotopic (exact) mass is 300 g/mol. The van der Waals surface area contributed by atoms with Gasteiger partial charge >= 0.3 is 5.97 Å². The van der Waals surface area contributed by atoms with Crippen molar-refractivity contribution in [3.63, 3.8) is 0 Å². The van der Waals surface area contributed by atoms with Gasteiger partial charge in [-0.25, -0.2) is 4.98 Å². The normalized spacial score (nSPS) is 19.5. The molecule has 2 unspecified atom stereocenters. The number of benzene rings is 1. The number of hydrogen-bond acceptors (Lipinski definition) is 5. The first kappa shape index (κ1) is 14.3. The van der Waals surface area contributed by atoms with Crippen LogP contribution in [0.25, 0.3) is 11.3 Å². The molecular weight excluding hydrogens is 284 g/mol. The molecule has 2 atom stereocenters. The van der Waals surface area contributed by atoms with Crippen molar-refractivity contribution in [1.29, 1.82) is 0 Å². The standard InChI is InChI=1S/C16H16N2O4/c1-21-16(20)12-7-11(12)15(19)18-9-14-17-8-13(22-14)10-5-3-2-4-6-10/h2-6,8,11-12H,7,9H2,1H3,(H,18,19). The van der Waals surface area contributed by atoms with Crippen molar-refractivity contribution < 1.29 is 18.7 Å². The van der Waals surface area contributed by atoms with E-state index in [0.29, 0.717) is 18.1 Å². The first-order chi connectivity index (χ1) is 10.7. The van der Waals surface area contributed by atoms with E-state index in [-0.39, 0.29) is 30.3 Å². The van der Waals surface area contributed by atoms with Crippen LogP contribution in [0.15, 0.2) is 40.9 Å². The smallest absolute Gasteiger partial charge is 0.309 e. The molecule has 22 heavy (non-hydrogen) atoms. The van der Waals surface area contributed by atoms with Gasteiger partial charge in [0.25, 0.3) is 0 Å². The Morgan fingerprint density at radius 3 is 2.82 bits per heavy atom. The number of carbonyl (C=O) groups is 2. The van der Waals surface area contributed by atoms with E-state index in [0.717, 1.165) is 5.56 Å². The summed E-state index contributed by atoms with van der Waals surface area (Å²) in [4.78, 5) is 27.3. The lowest BCUT2D eigenvalue weighted by atomic mass is 10.2. The summed E-state index contributed by atoms with van der Waals surface area (Å²) in [5.74, 6) is -0.0193. The van der Waals surface area contributed by atoms with E-state index >= 15 is 0 Å². The second kappa shape index (κ2) is 6.01. The molecule has 0 radical (unpaired) electrons. The Balaban J connectivity index is 1.54. The SMILES string of the molecule is COC(=O)C1CC1C(=O)NCc1ncc(-c2ccccc2)o1. The van der Waals surface area contributed by atoms with Crippen LogP contribution in [0.2, 0.25) is 0 Å². The van der Waals surface area contributed by atoms with E-state index < -0.39 is 0 Å². The number of oxazole rings is 1. The molecule has 1 aliphatic carbocycles. The van der Waals surface area contributed by atoms with E-state index in [2.05, 4.69) is 15.0 Å². The Morgan fingerprint density at radius 1 is 1.32 bits per heavy atom. The zero-order valence-electron chi connectivity index (χ0n) is 12.1. The summed E-state index contributed by atoms with van der Waals surface area (Å²) < 4.78 is 10.2. The number of nitrogens with zero attached hydrogens (tertiary/aromatic N) is 1. The summed E-state index contributed by atoms with van der Waals surface area (Å²) in [6, 6.07) is 9.61. The van der Waals surface area contributed by atoms with E-state index in [1.807, 2.05) is 30.3 Å². The van der Waals surface area contributed by atoms with Gasteiger partial charge in [-0.3, -0.25) is 9.59 Å². The maximum atomic E-state index is 11.9. The van der Waals surface area contributed by atoms with Crippen molar-refractivity contribution in [1.82, 2.24) is 10.3 Å². The highest BCUT2D eigenvalue weighted by atomic mass is 16.5. The lowest BCUT2D eigenvalue weighted by molar-refractivity contribution is -0.143. The molecule has 1 aromatic heterocycles. The fourth-order valence-electron chi connectivity index (χ4n) is 2.32. The summed E-state index contributed by atoms with van der Waals surface area (Å²) >= 11 is 0.